The van der Waals surface area contributed by atoms with E-state index in [1.807, 2.05) is 72.0 Å². The first-order valence-corrected chi connectivity index (χ1v) is 21.9. The molecule has 0 fully saturated rings. The summed E-state index contributed by atoms with van der Waals surface area (Å²) in [7, 11) is 0. The molecule has 3 aromatic heterocycles. The zero-order valence-corrected chi connectivity index (χ0v) is 34.6. The lowest BCUT2D eigenvalue weighted by Gasteiger charge is -2.26. The SMILES string of the molecule is c1ccc(-c2nc(-c3ccccc3)nc(-c3ccc(N(c4cccc5c4oc4cc6c7ccccc7c7ccccc7c6cc45)c4cccc5c4sc4ccccc45)cc3)n2)cc1. The van der Waals surface area contributed by atoms with Crippen LogP contribution < -0.4 is 4.90 Å². The summed E-state index contributed by atoms with van der Waals surface area (Å²) in [4.78, 5) is 17.3. The Kier molecular flexibility index (Phi) is 8.01. The van der Waals surface area contributed by atoms with E-state index < -0.39 is 0 Å². The van der Waals surface area contributed by atoms with Crippen LogP contribution in [0.25, 0.3) is 109 Å². The summed E-state index contributed by atoms with van der Waals surface area (Å²) in [6.07, 6.45) is 0. The van der Waals surface area contributed by atoms with Gasteiger partial charge in [0.1, 0.15) is 5.58 Å². The Hall–Kier alpha value is -8.19. The fourth-order valence-electron chi connectivity index (χ4n) is 9.37. The largest absolute Gasteiger partial charge is 0.454 e. The van der Waals surface area contributed by atoms with E-state index in [4.69, 9.17) is 19.4 Å². The van der Waals surface area contributed by atoms with E-state index in [9.17, 15) is 0 Å². The van der Waals surface area contributed by atoms with Crippen LogP contribution in [0.4, 0.5) is 17.1 Å². The fourth-order valence-corrected chi connectivity index (χ4v) is 10.6. The number of benzene rings is 10. The van der Waals surface area contributed by atoms with Crippen LogP contribution in [0, 0.1) is 0 Å². The number of aromatic nitrogens is 3. The summed E-state index contributed by atoms with van der Waals surface area (Å²) < 4.78 is 9.54. The second-order valence-electron chi connectivity index (χ2n) is 15.9. The predicted octanol–water partition coefficient (Wildman–Crippen LogP) is 16.1. The molecule has 0 N–H and O–H groups in total. The van der Waals surface area contributed by atoms with Gasteiger partial charge >= 0.3 is 0 Å². The zero-order valence-electron chi connectivity index (χ0n) is 33.7. The molecule has 0 saturated carbocycles. The van der Waals surface area contributed by atoms with Crippen molar-refractivity contribution in [3.63, 3.8) is 0 Å². The highest BCUT2D eigenvalue weighted by atomic mass is 32.1. The van der Waals surface area contributed by atoms with E-state index in [2.05, 4.69) is 150 Å². The average molecular weight is 823 g/mol. The molecule has 13 rings (SSSR count). The molecule has 0 aliphatic heterocycles. The molecule has 0 saturated heterocycles. The van der Waals surface area contributed by atoms with Crippen LogP contribution in [0.5, 0.6) is 0 Å². The van der Waals surface area contributed by atoms with Crippen LogP contribution in [0.1, 0.15) is 0 Å². The monoisotopic (exact) mass is 822 g/mol. The molecule has 0 aliphatic carbocycles. The van der Waals surface area contributed by atoms with Crippen LogP contribution in [0.15, 0.2) is 211 Å². The molecule has 10 aromatic carbocycles. The maximum atomic E-state index is 7.09. The number of furan rings is 1. The molecule has 6 heteroatoms. The minimum absolute atomic E-state index is 0.610. The third kappa shape index (κ3) is 5.73. The predicted molar refractivity (Wildman–Crippen MR) is 264 cm³/mol. The van der Waals surface area contributed by atoms with Crippen molar-refractivity contribution in [2.24, 2.45) is 0 Å². The molecule has 0 bridgehead atoms. The van der Waals surface area contributed by atoms with Crippen LogP contribution in [0.2, 0.25) is 0 Å². The molecular formula is C57H34N4OS. The summed E-state index contributed by atoms with van der Waals surface area (Å²) in [6.45, 7) is 0. The number of hydrogen-bond donors (Lipinski definition) is 0. The Morgan fingerprint density at radius 3 is 1.44 bits per heavy atom. The molecular weight excluding hydrogens is 789 g/mol. The van der Waals surface area contributed by atoms with Crippen LogP contribution >= 0.6 is 11.3 Å². The highest BCUT2D eigenvalue weighted by Gasteiger charge is 2.24. The first kappa shape index (κ1) is 35.6. The van der Waals surface area contributed by atoms with Crippen LogP contribution in [-0.2, 0) is 0 Å². The number of nitrogens with zero attached hydrogens (tertiary/aromatic N) is 4. The third-order valence-electron chi connectivity index (χ3n) is 12.3. The molecule has 13 aromatic rings. The maximum absolute atomic E-state index is 7.09. The minimum Gasteiger partial charge on any atom is -0.454 e. The van der Waals surface area contributed by atoms with Gasteiger partial charge in [0.15, 0.2) is 23.1 Å². The molecule has 0 radical (unpaired) electrons. The lowest BCUT2D eigenvalue weighted by Crippen LogP contribution is -2.10. The highest BCUT2D eigenvalue weighted by molar-refractivity contribution is 7.26. The number of hydrogen-bond acceptors (Lipinski definition) is 6. The van der Waals surface area contributed by atoms with Crippen molar-refractivity contribution in [3.8, 4) is 34.2 Å². The van der Waals surface area contributed by atoms with E-state index in [-0.39, 0.29) is 0 Å². The van der Waals surface area contributed by atoms with E-state index in [0.29, 0.717) is 17.5 Å². The molecule has 0 spiro atoms. The van der Waals surface area contributed by atoms with Crippen molar-refractivity contribution in [1.82, 2.24) is 15.0 Å². The molecule has 294 valence electrons. The summed E-state index contributed by atoms with van der Waals surface area (Å²) in [5.74, 6) is 1.87. The molecule has 3 heterocycles. The van der Waals surface area contributed by atoms with Gasteiger partial charge in [-0.25, -0.2) is 15.0 Å². The van der Waals surface area contributed by atoms with Crippen molar-refractivity contribution in [2.75, 3.05) is 4.90 Å². The van der Waals surface area contributed by atoms with Crippen molar-refractivity contribution < 1.29 is 4.42 Å². The summed E-state index contributed by atoms with van der Waals surface area (Å²) in [5, 5.41) is 12.0. The quantitative estimate of drug-likeness (QED) is 0.156. The Morgan fingerprint density at radius 1 is 0.349 bits per heavy atom. The second kappa shape index (κ2) is 14.2. The third-order valence-corrected chi connectivity index (χ3v) is 13.5. The molecule has 63 heavy (non-hydrogen) atoms. The smallest absolute Gasteiger partial charge is 0.164 e. The van der Waals surface area contributed by atoms with Gasteiger partial charge in [0, 0.05) is 48.6 Å². The fraction of sp³-hybridized carbons (Fsp3) is 0. The van der Waals surface area contributed by atoms with Crippen molar-refractivity contribution in [1.29, 1.82) is 0 Å². The maximum Gasteiger partial charge on any atom is 0.164 e. The van der Waals surface area contributed by atoms with Gasteiger partial charge in [-0.2, -0.15) is 0 Å². The van der Waals surface area contributed by atoms with E-state index in [1.54, 1.807) is 0 Å². The standard InChI is InChI=1S/C57H34N4OS/c1-3-15-35(16-4-1)55-58-56(36-17-5-2-6-18-36)60-57(59-55)37-29-31-38(32-30-37)61(50-27-14-25-45-43-23-11-12-28-52(43)63-54(45)50)49-26-13-24-44-48-33-46-41-21-9-7-19-39(41)40-20-8-10-22-42(40)47(46)34-51(48)62-53(44)49/h1-34H. The van der Waals surface area contributed by atoms with Crippen molar-refractivity contribution >= 4 is 103 Å². The lowest BCUT2D eigenvalue weighted by atomic mass is 9.93. The van der Waals surface area contributed by atoms with E-state index in [0.717, 1.165) is 55.7 Å². The van der Waals surface area contributed by atoms with E-state index in [1.165, 1.54) is 52.5 Å². The van der Waals surface area contributed by atoms with Gasteiger partial charge in [-0.15, -0.1) is 11.3 Å². The summed E-state index contributed by atoms with van der Waals surface area (Å²) >= 11 is 1.82. The molecule has 0 aliphatic rings. The number of rotatable bonds is 6. The summed E-state index contributed by atoms with van der Waals surface area (Å²) in [5.41, 5.74) is 7.47. The van der Waals surface area contributed by atoms with Gasteiger partial charge in [0.05, 0.1) is 16.1 Å². The van der Waals surface area contributed by atoms with Gasteiger partial charge < -0.3 is 9.32 Å². The normalized spacial score (nSPS) is 11.8. The second-order valence-corrected chi connectivity index (χ2v) is 17.0. The average Bonchev–Trinajstić information content (AvgIpc) is 3.93. The molecule has 0 atom stereocenters. The van der Waals surface area contributed by atoms with Gasteiger partial charge in [-0.3, -0.25) is 0 Å². The van der Waals surface area contributed by atoms with Gasteiger partial charge in [-0.05, 0) is 86.9 Å². The Labute approximate surface area is 365 Å². The Balaban J connectivity index is 1.03. The molecule has 0 unspecified atom stereocenters. The number of fused-ring (bicyclic) bond motifs is 12. The topological polar surface area (TPSA) is 55.1 Å². The molecule has 5 nitrogen and oxygen atoms in total. The van der Waals surface area contributed by atoms with Gasteiger partial charge in [0.2, 0.25) is 0 Å². The van der Waals surface area contributed by atoms with Gasteiger partial charge in [0.25, 0.3) is 0 Å². The minimum atomic E-state index is 0.610. The number of thiophene rings is 1. The molecule has 0 amide bonds. The summed E-state index contributed by atoms with van der Waals surface area (Å²) in [6, 6.07) is 72.6. The van der Waals surface area contributed by atoms with Crippen molar-refractivity contribution in [2.45, 2.75) is 0 Å². The highest BCUT2D eigenvalue weighted by Crippen LogP contribution is 2.48. The number of anilines is 3. The van der Waals surface area contributed by atoms with E-state index >= 15 is 0 Å². The van der Waals surface area contributed by atoms with Crippen molar-refractivity contribution in [3.05, 3.63) is 206 Å². The first-order chi connectivity index (χ1) is 31.2. The lowest BCUT2D eigenvalue weighted by molar-refractivity contribution is 0.669. The van der Waals surface area contributed by atoms with Crippen LogP contribution in [0.3, 0.4) is 0 Å². The van der Waals surface area contributed by atoms with Gasteiger partial charge in [-0.1, -0.05) is 152 Å². The van der Waals surface area contributed by atoms with Crippen LogP contribution in [-0.4, -0.2) is 15.0 Å². The Bertz CT molecular complexity index is 3860. The number of para-hydroxylation sites is 1. The Morgan fingerprint density at radius 2 is 0.825 bits per heavy atom. The first-order valence-electron chi connectivity index (χ1n) is 21.1. The zero-order chi connectivity index (χ0) is 41.4.